The van der Waals surface area contributed by atoms with E-state index >= 15 is 0 Å². The Hall–Kier alpha value is -1.23. The van der Waals surface area contributed by atoms with Crippen molar-refractivity contribution < 1.29 is 9.18 Å². The first-order chi connectivity index (χ1) is 9.52. The highest BCUT2D eigenvalue weighted by Crippen LogP contribution is 2.27. The second-order valence-electron chi connectivity index (χ2n) is 5.34. The summed E-state index contributed by atoms with van der Waals surface area (Å²) in [6, 6.07) is 3.07. The second kappa shape index (κ2) is 6.48. The molecule has 3 nitrogen and oxygen atoms in total. The Labute approximate surface area is 123 Å². The van der Waals surface area contributed by atoms with Crippen molar-refractivity contribution in [1.82, 2.24) is 5.32 Å². The number of anilines is 1. The van der Waals surface area contributed by atoms with Crippen LogP contribution in [0.1, 0.15) is 41.6 Å². The molecular weight excluding hydrogens is 275 g/mol. The van der Waals surface area contributed by atoms with Crippen LogP contribution in [0.2, 0.25) is 0 Å². The van der Waals surface area contributed by atoms with Crippen molar-refractivity contribution in [2.24, 2.45) is 0 Å². The minimum absolute atomic E-state index is 0.0490. The monoisotopic (exact) mass is 296 g/mol. The molecule has 2 atom stereocenters. The number of carbonyl (C=O) groups is 1. The third-order valence-corrected chi connectivity index (χ3v) is 5.01. The van der Waals surface area contributed by atoms with Gasteiger partial charge in [-0.2, -0.15) is 11.8 Å². The van der Waals surface area contributed by atoms with Crippen LogP contribution in [-0.2, 0) is 0 Å². The van der Waals surface area contributed by atoms with Crippen molar-refractivity contribution in [2.45, 2.75) is 43.9 Å². The van der Waals surface area contributed by atoms with Crippen LogP contribution >= 0.6 is 11.8 Å². The molecule has 2 rings (SSSR count). The van der Waals surface area contributed by atoms with Gasteiger partial charge < -0.3 is 11.1 Å². The first-order valence-corrected chi connectivity index (χ1v) is 8.21. The number of hydrogen-bond donors (Lipinski definition) is 2. The number of nitrogen functional groups attached to an aromatic ring is 1. The van der Waals surface area contributed by atoms with Gasteiger partial charge in [0.25, 0.3) is 5.91 Å². The molecule has 0 aliphatic heterocycles. The van der Waals surface area contributed by atoms with Crippen molar-refractivity contribution in [3.63, 3.8) is 0 Å². The van der Waals surface area contributed by atoms with E-state index in [9.17, 15) is 9.18 Å². The number of thioether (sulfide) groups is 1. The van der Waals surface area contributed by atoms with Crippen LogP contribution in [0.5, 0.6) is 0 Å². The smallest absolute Gasteiger partial charge is 0.254 e. The summed E-state index contributed by atoms with van der Waals surface area (Å²) >= 11 is 1.77. The maximum atomic E-state index is 14.0. The zero-order chi connectivity index (χ0) is 14.7. The van der Waals surface area contributed by atoms with Gasteiger partial charge in [0.05, 0.1) is 5.56 Å². The third-order valence-electron chi connectivity index (χ3n) is 3.84. The molecule has 0 saturated heterocycles. The van der Waals surface area contributed by atoms with Gasteiger partial charge in [-0.15, -0.1) is 0 Å². The second-order valence-corrected chi connectivity index (χ2v) is 6.41. The molecule has 1 saturated carbocycles. The summed E-state index contributed by atoms with van der Waals surface area (Å²) in [5, 5.41) is 3.39. The largest absolute Gasteiger partial charge is 0.399 e. The third kappa shape index (κ3) is 3.26. The van der Waals surface area contributed by atoms with Gasteiger partial charge >= 0.3 is 0 Å². The number of rotatable bonds is 3. The van der Waals surface area contributed by atoms with E-state index < -0.39 is 5.82 Å². The SMILES string of the molecule is CSC1CCCCC1NC(=O)c1cc(N)cc(C)c1F. The normalized spacial score (nSPS) is 22.6. The Bertz CT molecular complexity index is 507. The zero-order valence-corrected chi connectivity index (χ0v) is 12.7. The van der Waals surface area contributed by atoms with Crippen LogP contribution in [-0.4, -0.2) is 23.5 Å². The minimum Gasteiger partial charge on any atom is -0.399 e. The molecule has 0 heterocycles. The molecule has 1 aromatic rings. The van der Waals surface area contributed by atoms with Crippen molar-refractivity contribution in [2.75, 3.05) is 12.0 Å². The number of benzene rings is 1. The predicted molar refractivity (Wildman–Crippen MR) is 82.6 cm³/mol. The summed E-state index contributed by atoms with van der Waals surface area (Å²) in [6.45, 7) is 1.62. The molecule has 1 amide bonds. The van der Waals surface area contributed by atoms with Gasteiger partial charge in [-0.3, -0.25) is 4.79 Å². The Morgan fingerprint density at radius 2 is 2.10 bits per heavy atom. The van der Waals surface area contributed by atoms with Crippen LogP contribution in [0.15, 0.2) is 12.1 Å². The fourth-order valence-corrected chi connectivity index (χ4v) is 3.69. The molecule has 1 aromatic carbocycles. The van der Waals surface area contributed by atoms with E-state index in [0.29, 0.717) is 16.5 Å². The van der Waals surface area contributed by atoms with E-state index in [-0.39, 0.29) is 17.5 Å². The lowest BCUT2D eigenvalue weighted by Crippen LogP contribution is -2.44. The van der Waals surface area contributed by atoms with Crippen molar-refractivity contribution >= 4 is 23.4 Å². The average Bonchev–Trinajstić information content (AvgIpc) is 2.43. The Balaban J connectivity index is 2.15. The maximum absolute atomic E-state index is 14.0. The number of nitrogens with two attached hydrogens (primary N) is 1. The quantitative estimate of drug-likeness (QED) is 0.843. The Morgan fingerprint density at radius 3 is 2.80 bits per heavy atom. The van der Waals surface area contributed by atoms with Gasteiger partial charge in [0.2, 0.25) is 0 Å². The van der Waals surface area contributed by atoms with Gasteiger partial charge in [0, 0.05) is 17.0 Å². The summed E-state index contributed by atoms with van der Waals surface area (Å²) in [6.07, 6.45) is 6.43. The average molecular weight is 296 g/mol. The summed E-state index contributed by atoms with van der Waals surface area (Å²) in [5.41, 5.74) is 6.57. The lowest BCUT2D eigenvalue weighted by Gasteiger charge is -2.31. The molecule has 2 unspecified atom stereocenters. The maximum Gasteiger partial charge on any atom is 0.254 e. The number of hydrogen-bond acceptors (Lipinski definition) is 3. The van der Waals surface area contributed by atoms with Gasteiger partial charge in [-0.1, -0.05) is 12.8 Å². The lowest BCUT2D eigenvalue weighted by atomic mass is 9.94. The molecule has 0 radical (unpaired) electrons. The van der Waals surface area contributed by atoms with Gasteiger partial charge in [-0.25, -0.2) is 4.39 Å². The standard InChI is InChI=1S/C15H21FN2OS/c1-9-7-10(17)8-11(14(9)16)15(19)18-12-5-3-4-6-13(12)20-2/h7-8,12-13H,3-6,17H2,1-2H3,(H,18,19). The van der Waals surface area contributed by atoms with Gasteiger partial charge in [0.15, 0.2) is 0 Å². The highest BCUT2D eigenvalue weighted by atomic mass is 32.2. The molecule has 3 N–H and O–H groups in total. The predicted octanol–water partition coefficient (Wildman–Crippen LogP) is 3.12. The fourth-order valence-electron chi connectivity index (χ4n) is 2.75. The number of halogens is 1. The number of amides is 1. The number of nitrogens with one attached hydrogen (secondary N) is 1. The first-order valence-electron chi connectivity index (χ1n) is 6.92. The summed E-state index contributed by atoms with van der Waals surface area (Å²) in [4.78, 5) is 12.3. The molecule has 20 heavy (non-hydrogen) atoms. The summed E-state index contributed by atoms with van der Waals surface area (Å²) in [7, 11) is 0. The van der Waals surface area contributed by atoms with E-state index in [1.165, 1.54) is 18.6 Å². The molecule has 0 spiro atoms. The summed E-state index contributed by atoms with van der Waals surface area (Å²) in [5.74, 6) is -0.836. The van der Waals surface area contributed by atoms with E-state index in [0.717, 1.165) is 19.3 Å². The van der Waals surface area contributed by atoms with Crippen LogP contribution < -0.4 is 11.1 Å². The van der Waals surface area contributed by atoms with Crippen LogP contribution in [0.4, 0.5) is 10.1 Å². The molecule has 110 valence electrons. The fraction of sp³-hybridized carbons (Fsp3) is 0.533. The first kappa shape index (κ1) is 15.2. The Kier molecular flexibility index (Phi) is 4.91. The van der Waals surface area contributed by atoms with Crippen molar-refractivity contribution in [3.05, 3.63) is 29.1 Å². The topological polar surface area (TPSA) is 55.1 Å². The van der Waals surface area contributed by atoms with E-state index in [4.69, 9.17) is 5.73 Å². The highest BCUT2D eigenvalue weighted by Gasteiger charge is 2.27. The summed E-state index contributed by atoms with van der Waals surface area (Å²) < 4.78 is 14.0. The molecule has 5 heteroatoms. The van der Waals surface area contributed by atoms with Crippen LogP contribution in [0.3, 0.4) is 0 Å². The lowest BCUT2D eigenvalue weighted by molar-refractivity contribution is 0.0925. The van der Waals surface area contributed by atoms with Crippen molar-refractivity contribution in [1.29, 1.82) is 0 Å². The van der Waals surface area contributed by atoms with E-state index in [1.54, 1.807) is 18.7 Å². The van der Waals surface area contributed by atoms with Gasteiger partial charge in [-0.05, 0) is 43.7 Å². The van der Waals surface area contributed by atoms with E-state index in [2.05, 4.69) is 11.6 Å². The van der Waals surface area contributed by atoms with Crippen LogP contribution in [0.25, 0.3) is 0 Å². The van der Waals surface area contributed by atoms with Crippen LogP contribution in [0, 0.1) is 12.7 Å². The van der Waals surface area contributed by atoms with Gasteiger partial charge in [0.1, 0.15) is 5.82 Å². The molecule has 1 aliphatic carbocycles. The minimum atomic E-state index is -0.479. The molecule has 1 aliphatic rings. The highest BCUT2D eigenvalue weighted by molar-refractivity contribution is 7.99. The molecular formula is C15H21FN2OS. The van der Waals surface area contributed by atoms with Crippen molar-refractivity contribution in [3.8, 4) is 0 Å². The van der Waals surface area contributed by atoms with E-state index in [1.807, 2.05) is 0 Å². The molecule has 0 bridgehead atoms. The number of aryl methyl sites for hydroxylation is 1. The molecule has 1 fully saturated rings. The Morgan fingerprint density at radius 1 is 1.40 bits per heavy atom. The number of carbonyl (C=O) groups excluding carboxylic acids is 1. The zero-order valence-electron chi connectivity index (χ0n) is 11.9. The molecule has 0 aromatic heterocycles.